The van der Waals surface area contributed by atoms with E-state index in [2.05, 4.69) is 16.0 Å². The molecule has 3 rings (SSSR count). The van der Waals surface area contributed by atoms with Crippen LogP contribution in [0.5, 0.6) is 0 Å². The van der Waals surface area contributed by atoms with Crippen LogP contribution in [0.3, 0.4) is 0 Å². The van der Waals surface area contributed by atoms with Crippen LogP contribution in [0, 0.1) is 0 Å². The van der Waals surface area contributed by atoms with Crippen LogP contribution in [-0.4, -0.2) is 24.5 Å². The van der Waals surface area contributed by atoms with Crippen LogP contribution in [0.4, 0.5) is 4.79 Å². The first kappa shape index (κ1) is 17.0. The largest absolute Gasteiger partial charge is 0.354 e. The fraction of sp³-hybridized carbons (Fsp3) is 0.300. The minimum absolute atomic E-state index is 0.110. The molecule has 1 fully saturated rings. The van der Waals surface area contributed by atoms with Crippen molar-refractivity contribution in [2.45, 2.75) is 31.3 Å². The molecule has 0 unspecified atom stereocenters. The van der Waals surface area contributed by atoms with Gasteiger partial charge in [0.25, 0.3) is 0 Å². The summed E-state index contributed by atoms with van der Waals surface area (Å²) in [5.41, 5.74) is 2.18. The Balaban J connectivity index is 1.68. The Bertz CT molecular complexity index is 703. The van der Waals surface area contributed by atoms with E-state index in [-0.39, 0.29) is 18.0 Å². The zero-order chi connectivity index (χ0) is 17.5. The normalized spacial score (nSPS) is 18.1. The van der Waals surface area contributed by atoms with Crippen LogP contribution in [0.2, 0.25) is 0 Å². The van der Waals surface area contributed by atoms with Crippen molar-refractivity contribution in [3.05, 3.63) is 71.8 Å². The summed E-state index contributed by atoms with van der Waals surface area (Å²) in [6, 6.07) is 19.0. The molecule has 2 aromatic rings. The van der Waals surface area contributed by atoms with Crippen LogP contribution in [0.1, 0.15) is 30.0 Å². The molecular formula is C20H23N3O2. The number of hydrogen-bond acceptors (Lipinski definition) is 2. The highest BCUT2D eigenvalue weighted by atomic mass is 16.2. The van der Waals surface area contributed by atoms with E-state index in [4.69, 9.17) is 0 Å². The number of nitrogens with one attached hydrogen (secondary N) is 3. The number of hydrogen-bond donors (Lipinski definition) is 3. The summed E-state index contributed by atoms with van der Waals surface area (Å²) < 4.78 is 0. The lowest BCUT2D eigenvalue weighted by molar-refractivity contribution is -0.124. The van der Waals surface area contributed by atoms with E-state index in [1.807, 2.05) is 60.7 Å². The fourth-order valence-electron chi connectivity index (χ4n) is 3.06. The van der Waals surface area contributed by atoms with Crippen LogP contribution >= 0.6 is 0 Å². The first-order valence-electron chi connectivity index (χ1n) is 8.66. The van der Waals surface area contributed by atoms with E-state index in [0.29, 0.717) is 19.4 Å². The molecule has 1 saturated heterocycles. The summed E-state index contributed by atoms with van der Waals surface area (Å²) in [6.07, 6.45) is 2.24. The molecule has 2 aromatic carbocycles. The van der Waals surface area contributed by atoms with E-state index < -0.39 is 6.04 Å². The predicted octanol–water partition coefficient (Wildman–Crippen LogP) is 2.55. The molecular weight excluding hydrogens is 314 g/mol. The Hall–Kier alpha value is -2.82. The summed E-state index contributed by atoms with van der Waals surface area (Å²) >= 11 is 0. The lowest BCUT2D eigenvalue weighted by Gasteiger charge is -2.25. The van der Waals surface area contributed by atoms with Gasteiger partial charge in [-0.3, -0.25) is 4.79 Å². The third kappa shape index (κ3) is 4.83. The van der Waals surface area contributed by atoms with Crippen molar-refractivity contribution < 1.29 is 9.59 Å². The number of amides is 3. The van der Waals surface area contributed by atoms with Gasteiger partial charge in [-0.25, -0.2) is 4.79 Å². The second-order valence-electron chi connectivity index (χ2n) is 6.26. The van der Waals surface area contributed by atoms with Crippen molar-refractivity contribution in [2.75, 3.05) is 6.54 Å². The Labute approximate surface area is 147 Å². The number of piperidine rings is 1. The maximum Gasteiger partial charge on any atom is 0.315 e. The first-order chi connectivity index (χ1) is 12.2. The molecule has 25 heavy (non-hydrogen) atoms. The number of rotatable bonds is 5. The number of carbonyl (C=O) groups is 2. The second-order valence-corrected chi connectivity index (χ2v) is 6.26. The third-order valence-corrected chi connectivity index (χ3v) is 4.38. The molecule has 0 saturated carbocycles. The van der Waals surface area contributed by atoms with Crippen molar-refractivity contribution in [2.24, 2.45) is 0 Å². The molecule has 1 aliphatic heterocycles. The minimum atomic E-state index is -0.457. The van der Waals surface area contributed by atoms with Gasteiger partial charge in [0.1, 0.15) is 6.04 Å². The van der Waals surface area contributed by atoms with Gasteiger partial charge in [0.2, 0.25) is 5.91 Å². The van der Waals surface area contributed by atoms with Gasteiger partial charge < -0.3 is 16.0 Å². The minimum Gasteiger partial charge on any atom is -0.354 e. The number of urea groups is 1. The molecule has 3 amide bonds. The van der Waals surface area contributed by atoms with Gasteiger partial charge in [-0.2, -0.15) is 0 Å². The van der Waals surface area contributed by atoms with E-state index in [1.54, 1.807) is 0 Å². The maximum atomic E-state index is 12.4. The average molecular weight is 337 g/mol. The Kier molecular flexibility index (Phi) is 5.67. The van der Waals surface area contributed by atoms with Gasteiger partial charge in [-0.1, -0.05) is 60.7 Å². The van der Waals surface area contributed by atoms with E-state index in [0.717, 1.165) is 17.5 Å². The standard InChI is InChI=1S/C20H23N3O2/c24-19-17(12-7-13-21-19)22-20(25)23-18(16-10-5-2-6-11-16)14-15-8-3-1-4-9-15/h1-6,8-11,17-18H,7,12-14H2,(H,21,24)(H2,22,23,25)/t17-,18+/m0/s1. The quantitative estimate of drug-likeness (QED) is 0.785. The molecule has 2 atom stereocenters. The first-order valence-corrected chi connectivity index (χ1v) is 8.66. The Morgan fingerprint density at radius 3 is 2.44 bits per heavy atom. The van der Waals surface area contributed by atoms with Crippen molar-refractivity contribution in [3.63, 3.8) is 0 Å². The summed E-state index contributed by atoms with van der Waals surface area (Å²) in [5.74, 6) is -0.110. The van der Waals surface area contributed by atoms with Crippen molar-refractivity contribution in [1.82, 2.24) is 16.0 Å². The summed E-state index contributed by atoms with van der Waals surface area (Å²) in [7, 11) is 0. The van der Waals surface area contributed by atoms with Gasteiger partial charge in [0.15, 0.2) is 0 Å². The lowest BCUT2D eigenvalue weighted by Crippen LogP contribution is -2.53. The van der Waals surface area contributed by atoms with Crippen molar-refractivity contribution in [1.29, 1.82) is 0 Å². The fourth-order valence-corrected chi connectivity index (χ4v) is 3.06. The highest BCUT2D eigenvalue weighted by molar-refractivity contribution is 5.87. The molecule has 3 N–H and O–H groups in total. The number of carbonyl (C=O) groups excluding carboxylic acids is 2. The Morgan fingerprint density at radius 1 is 1.08 bits per heavy atom. The van der Waals surface area contributed by atoms with Crippen LogP contribution in [0.25, 0.3) is 0 Å². The van der Waals surface area contributed by atoms with Crippen molar-refractivity contribution >= 4 is 11.9 Å². The summed E-state index contributed by atoms with van der Waals surface area (Å²) in [4.78, 5) is 24.3. The summed E-state index contributed by atoms with van der Waals surface area (Å²) in [5, 5.41) is 8.59. The zero-order valence-corrected chi connectivity index (χ0v) is 14.1. The van der Waals surface area contributed by atoms with E-state index >= 15 is 0 Å². The molecule has 1 heterocycles. The molecule has 5 nitrogen and oxygen atoms in total. The van der Waals surface area contributed by atoms with Crippen LogP contribution < -0.4 is 16.0 Å². The van der Waals surface area contributed by atoms with Gasteiger partial charge >= 0.3 is 6.03 Å². The molecule has 0 spiro atoms. The van der Waals surface area contributed by atoms with Gasteiger partial charge in [0, 0.05) is 6.54 Å². The zero-order valence-electron chi connectivity index (χ0n) is 14.1. The third-order valence-electron chi connectivity index (χ3n) is 4.38. The van der Waals surface area contributed by atoms with E-state index in [9.17, 15) is 9.59 Å². The molecule has 0 aliphatic carbocycles. The van der Waals surface area contributed by atoms with Gasteiger partial charge in [0.05, 0.1) is 6.04 Å². The summed E-state index contributed by atoms with van der Waals surface area (Å²) in [6.45, 7) is 0.680. The molecule has 0 radical (unpaired) electrons. The van der Waals surface area contributed by atoms with Gasteiger partial charge in [-0.05, 0) is 30.4 Å². The molecule has 1 aliphatic rings. The average Bonchev–Trinajstić information content (AvgIpc) is 2.65. The predicted molar refractivity (Wildman–Crippen MR) is 97.0 cm³/mol. The lowest BCUT2D eigenvalue weighted by atomic mass is 9.99. The van der Waals surface area contributed by atoms with Crippen molar-refractivity contribution in [3.8, 4) is 0 Å². The highest BCUT2D eigenvalue weighted by Crippen LogP contribution is 2.18. The molecule has 0 bridgehead atoms. The second kappa shape index (κ2) is 8.33. The highest BCUT2D eigenvalue weighted by Gasteiger charge is 2.24. The maximum absolute atomic E-state index is 12.4. The topological polar surface area (TPSA) is 70.2 Å². The van der Waals surface area contributed by atoms with Crippen LogP contribution in [-0.2, 0) is 11.2 Å². The molecule has 0 aromatic heterocycles. The van der Waals surface area contributed by atoms with Gasteiger partial charge in [-0.15, -0.1) is 0 Å². The Morgan fingerprint density at radius 2 is 1.76 bits per heavy atom. The smallest absolute Gasteiger partial charge is 0.315 e. The number of benzene rings is 2. The molecule has 130 valence electrons. The van der Waals surface area contributed by atoms with Crippen LogP contribution in [0.15, 0.2) is 60.7 Å². The SMILES string of the molecule is O=C(N[C@H]1CCCNC1=O)N[C@H](Cc1ccccc1)c1ccccc1. The molecule has 5 heteroatoms. The van der Waals surface area contributed by atoms with E-state index in [1.165, 1.54) is 0 Å². The monoisotopic (exact) mass is 337 g/mol.